The maximum atomic E-state index is 6.07. The minimum Gasteiger partial charge on any atom is -0.490 e. The van der Waals surface area contributed by atoms with Crippen molar-refractivity contribution in [1.82, 2.24) is 15.6 Å². The molecule has 126 valence electrons. The molecule has 1 aromatic heterocycles. The Kier molecular flexibility index (Phi) is 5.66. The molecule has 5 nitrogen and oxygen atoms in total. The molecule has 1 aromatic carbocycles. The fourth-order valence-electron chi connectivity index (χ4n) is 2.51. The lowest BCUT2D eigenvalue weighted by Gasteiger charge is -2.27. The number of para-hydroxylation sites is 1. The van der Waals surface area contributed by atoms with Crippen LogP contribution in [-0.4, -0.2) is 24.1 Å². The van der Waals surface area contributed by atoms with Crippen molar-refractivity contribution in [3.05, 3.63) is 59.9 Å². The number of hydrogen-bond acceptors (Lipinski definition) is 3. The normalized spacial score (nSPS) is 14.8. The number of guanidine groups is 1. The summed E-state index contributed by atoms with van der Waals surface area (Å²) in [7, 11) is 1.77. The van der Waals surface area contributed by atoms with Crippen molar-refractivity contribution in [3.8, 4) is 5.75 Å². The van der Waals surface area contributed by atoms with Gasteiger partial charge in [0.2, 0.25) is 0 Å². The van der Waals surface area contributed by atoms with E-state index >= 15 is 0 Å². The van der Waals surface area contributed by atoms with Crippen LogP contribution in [-0.2, 0) is 13.1 Å². The highest BCUT2D eigenvalue weighted by Gasteiger charge is 2.20. The summed E-state index contributed by atoms with van der Waals surface area (Å²) in [4.78, 5) is 8.56. The van der Waals surface area contributed by atoms with E-state index in [0.717, 1.165) is 35.8 Å². The van der Waals surface area contributed by atoms with E-state index in [-0.39, 0.29) is 0 Å². The van der Waals surface area contributed by atoms with Gasteiger partial charge < -0.3 is 15.4 Å². The Labute approximate surface area is 143 Å². The minimum atomic E-state index is 0.382. The molecule has 0 aliphatic heterocycles. The molecule has 0 unspecified atom stereocenters. The molecule has 1 aliphatic carbocycles. The molecule has 0 bridgehead atoms. The summed E-state index contributed by atoms with van der Waals surface area (Å²) < 4.78 is 6.07. The van der Waals surface area contributed by atoms with Gasteiger partial charge in [-0.3, -0.25) is 9.98 Å². The average molecular weight is 324 g/mol. The zero-order valence-electron chi connectivity index (χ0n) is 14.0. The van der Waals surface area contributed by atoms with E-state index in [9.17, 15) is 0 Å². The van der Waals surface area contributed by atoms with Gasteiger partial charge in [0, 0.05) is 25.4 Å². The van der Waals surface area contributed by atoms with Gasteiger partial charge >= 0.3 is 0 Å². The van der Waals surface area contributed by atoms with Crippen LogP contribution in [0.2, 0.25) is 0 Å². The van der Waals surface area contributed by atoms with E-state index < -0.39 is 0 Å². The van der Waals surface area contributed by atoms with E-state index in [1.807, 2.05) is 36.4 Å². The Morgan fingerprint density at radius 3 is 2.62 bits per heavy atom. The molecule has 1 aliphatic rings. The fourth-order valence-corrected chi connectivity index (χ4v) is 2.51. The number of hydrogen-bond donors (Lipinski definition) is 2. The molecule has 5 heteroatoms. The highest BCUT2D eigenvalue weighted by molar-refractivity contribution is 5.79. The van der Waals surface area contributed by atoms with E-state index in [1.54, 1.807) is 13.2 Å². The number of pyridine rings is 1. The molecule has 1 saturated carbocycles. The Morgan fingerprint density at radius 2 is 1.92 bits per heavy atom. The number of nitrogens with zero attached hydrogens (tertiary/aromatic N) is 2. The zero-order valence-corrected chi connectivity index (χ0v) is 14.0. The Bertz CT molecular complexity index is 668. The Hall–Kier alpha value is -2.56. The minimum absolute atomic E-state index is 0.382. The lowest BCUT2D eigenvalue weighted by molar-refractivity contribution is 0.119. The zero-order chi connectivity index (χ0) is 16.6. The second-order valence-corrected chi connectivity index (χ2v) is 5.88. The molecule has 2 N–H and O–H groups in total. The first-order valence-corrected chi connectivity index (χ1v) is 8.44. The van der Waals surface area contributed by atoms with Crippen molar-refractivity contribution in [2.75, 3.05) is 7.05 Å². The summed E-state index contributed by atoms with van der Waals surface area (Å²) in [5.41, 5.74) is 2.12. The van der Waals surface area contributed by atoms with E-state index in [0.29, 0.717) is 19.2 Å². The van der Waals surface area contributed by atoms with Gasteiger partial charge in [-0.05, 0) is 37.5 Å². The number of aromatic nitrogens is 1. The standard InChI is InChI=1S/C19H24N4O/c1-20-19(23-14-16-8-4-5-12-21-16)22-13-15-7-2-3-11-18(15)24-17-9-6-10-17/h2-5,7-8,11-12,17H,6,9-10,13-14H2,1H3,(H2,20,22,23). The maximum Gasteiger partial charge on any atom is 0.191 e. The summed E-state index contributed by atoms with van der Waals surface area (Å²) in [6.45, 7) is 1.31. The molecule has 0 spiro atoms. The molecule has 0 amide bonds. The van der Waals surface area contributed by atoms with Crippen molar-refractivity contribution in [1.29, 1.82) is 0 Å². The predicted octanol–water partition coefficient (Wildman–Crippen LogP) is 2.88. The largest absolute Gasteiger partial charge is 0.490 e. The van der Waals surface area contributed by atoms with Gasteiger partial charge in [0.05, 0.1) is 18.3 Å². The van der Waals surface area contributed by atoms with E-state index in [2.05, 4.69) is 26.7 Å². The highest BCUT2D eigenvalue weighted by Crippen LogP contribution is 2.27. The van der Waals surface area contributed by atoms with E-state index in [4.69, 9.17) is 4.74 Å². The SMILES string of the molecule is CN=C(NCc1ccccn1)NCc1ccccc1OC1CCC1. The van der Waals surface area contributed by atoms with Gasteiger partial charge in [-0.25, -0.2) is 0 Å². The van der Waals surface area contributed by atoms with Crippen LogP contribution in [0.15, 0.2) is 53.7 Å². The molecule has 0 atom stereocenters. The highest BCUT2D eigenvalue weighted by atomic mass is 16.5. The molecular weight excluding hydrogens is 300 g/mol. The van der Waals surface area contributed by atoms with Gasteiger partial charge in [-0.15, -0.1) is 0 Å². The second-order valence-electron chi connectivity index (χ2n) is 5.88. The number of nitrogens with one attached hydrogen (secondary N) is 2. The van der Waals surface area contributed by atoms with Crippen molar-refractivity contribution >= 4 is 5.96 Å². The van der Waals surface area contributed by atoms with Gasteiger partial charge in [0.1, 0.15) is 5.75 Å². The number of aliphatic imine (C=N–C) groups is 1. The molecular formula is C19H24N4O. The predicted molar refractivity (Wildman–Crippen MR) is 96.0 cm³/mol. The topological polar surface area (TPSA) is 58.5 Å². The Balaban J connectivity index is 1.53. The van der Waals surface area contributed by atoms with Gasteiger partial charge in [-0.2, -0.15) is 0 Å². The summed E-state index contributed by atoms with van der Waals surface area (Å²) in [5.74, 6) is 1.72. The van der Waals surface area contributed by atoms with Crippen LogP contribution in [0.25, 0.3) is 0 Å². The number of ether oxygens (including phenoxy) is 1. The summed E-state index contributed by atoms with van der Waals surface area (Å²) in [5, 5.41) is 6.61. The Morgan fingerprint density at radius 1 is 1.12 bits per heavy atom. The summed E-state index contributed by atoms with van der Waals surface area (Å²) in [6, 6.07) is 14.1. The molecule has 0 saturated heterocycles. The second kappa shape index (κ2) is 8.34. The van der Waals surface area contributed by atoms with Crippen LogP contribution in [0, 0.1) is 0 Å². The van der Waals surface area contributed by atoms with Crippen molar-refractivity contribution in [2.45, 2.75) is 38.5 Å². The van der Waals surface area contributed by atoms with Gasteiger partial charge in [0.25, 0.3) is 0 Å². The van der Waals surface area contributed by atoms with Crippen molar-refractivity contribution in [3.63, 3.8) is 0 Å². The van der Waals surface area contributed by atoms with E-state index in [1.165, 1.54) is 6.42 Å². The van der Waals surface area contributed by atoms with Crippen LogP contribution in [0.4, 0.5) is 0 Å². The van der Waals surface area contributed by atoms with Crippen LogP contribution in [0.3, 0.4) is 0 Å². The molecule has 1 heterocycles. The van der Waals surface area contributed by atoms with Crippen LogP contribution in [0.5, 0.6) is 5.75 Å². The molecule has 0 radical (unpaired) electrons. The maximum absolute atomic E-state index is 6.07. The van der Waals surface area contributed by atoms with Crippen LogP contribution in [0.1, 0.15) is 30.5 Å². The molecule has 2 aromatic rings. The lowest BCUT2D eigenvalue weighted by atomic mass is 9.96. The third kappa shape index (κ3) is 4.47. The van der Waals surface area contributed by atoms with Crippen LogP contribution < -0.4 is 15.4 Å². The third-order valence-electron chi connectivity index (χ3n) is 4.15. The number of rotatable bonds is 6. The molecule has 24 heavy (non-hydrogen) atoms. The van der Waals surface area contributed by atoms with Gasteiger partial charge in [-0.1, -0.05) is 24.3 Å². The number of benzene rings is 1. The average Bonchev–Trinajstić information content (AvgIpc) is 2.60. The molecule has 3 rings (SSSR count). The van der Waals surface area contributed by atoms with Crippen LogP contribution >= 0.6 is 0 Å². The summed E-state index contributed by atoms with van der Waals surface area (Å²) >= 11 is 0. The summed E-state index contributed by atoms with van der Waals surface area (Å²) in [6.07, 6.45) is 5.77. The molecule has 1 fully saturated rings. The fraction of sp³-hybridized carbons (Fsp3) is 0.368. The first-order chi connectivity index (χ1) is 11.8. The smallest absolute Gasteiger partial charge is 0.191 e. The van der Waals surface area contributed by atoms with Crippen molar-refractivity contribution in [2.24, 2.45) is 4.99 Å². The first kappa shape index (κ1) is 16.3. The lowest BCUT2D eigenvalue weighted by Crippen LogP contribution is -2.36. The monoisotopic (exact) mass is 324 g/mol. The third-order valence-corrected chi connectivity index (χ3v) is 4.15. The quantitative estimate of drug-likeness (QED) is 0.634. The van der Waals surface area contributed by atoms with Crippen molar-refractivity contribution < 1.29 is 4.74 Å². The van der Waals surface area contributed by atoms with Gasteiger partial charge in [0.15, 0.2) is 5.96 Å². The first-order valence-electron chi connectivity index (χ1n) is 8.44.